The fourth-order valence-electron chi connectivity index (χ4n) is 3.48. The van der Waals surface area contributed by atoms with Crippen LogP contribution in [0.25, 0.3) is 0 Å². The molecule has 2 aliphatic rings. The number of hydrogen-bond donors (Lipinski definition) is 1. The molecule has 4 atom stereocenters. The Hall–Kier alpha value is -0.0800. The number of morpholine rings is 1. The number of rotatable bonds is 0. The predicted octanol–water partition coefficient (Wildman–Crippen LogP) is 2.58. The first-order valence-corrected chi connectivity index (χ1v) is 6.26. The molecule has 4 unspecified atom stereocenters. The van der Waals surface area contributed by atoms with Crippen LogP contribution in [0.1, 0.15) is 47.5 Å². The molecule has 1 N–H and O–H groups in total. The van der Waals surface area contributed by atoms with Gasteiger partial charge in [-0.25, -0.2) is 0 Å². The number of hydrogen-bond acceptors (Lipinski definition) is 2. The molecule has 1 saturated heterocycles. The minimum atomic E-state index is 0.107. The Balaban J connectivity index is 2.14. The lowest BCUT2D eigenvalue weighted by molar-refractivity contribution is -0.144. The molecule has 88 valence electrons. The lowest BCUT2D eigenvalue weighted by atomic mass is 9.87. The van der Waals surface area contributed by atoms with Crippen LogP contribution in [0.15, 0.2) is 0 Å². The highest BCUT2D eigenvalue weighted by Crippen LogP contribution is 2.50. The SMILES string of the molecule is CC1NCC2(CC(C)(C)CC2C)OC1C. The molecule has 0 bridgehead atoms. The summed E-state index contributed by atoms with van der Waals surface area (Å²) in [5.41, 5.74) is 0.552. The van der Waals surface area contributed by atoms with E-state index in [2.05, 4.69) is 39.9 Å². The molecule has 2 fully saturated rings. The summed E-state index contributed by atoms with van der Waals surface area (Å²) >= 11 is 0. The Bertz CT molecular complexity index is 251. The molecule has 1 aliphatic heterocycles. The lowest BCUT2D eigenvalue weighted by Gasteiger charge is -2.44. The van der Waals surface area contributed by atoms with E-state index in [4.69, 9.17) is 4.74 Å². The van der Waals surface area contributed by atoms with E-state index in [1.54, 1.807) is 0 Å². The zero-order valence-electron chi connectivity index (χ0n) is 10.8. The van der Waals surface area contributed by atoms with Crippen molar-refractivity contribution in [2.45, 2.75) is 65.2 Å². The summed E-state index contributed by atoms with van der Waals surface area (Å²) in [6.45, 7) is 12.5. The van der Waals surface area contributed by atoms with Crippen LogP contribution < -0.4 is 5.32 Å². The summed E-state index contributed by atoms with van der Waals surface area (Å²) in [4.78, 5) is 0. The zero-order valence-corrected chi connectivity index (χ0v) is 10.8. The van der Waals surface area contributed by atoms with Gasteiger partial charge in [-0.3, -0.25) is 0 Å². The second-order valence-corrected chi connectivity index (χ2v) is 6.50. The second-order valence-electron chi connectivity index (χ2n) is 6.50. The van der Waals surface area contributed by atoms with Crippen molar-refractivity contribution in [1.29, 1.82) is 0 Å². The van der Waals surface area contributed by atoms with Gasteiger partial charge in [0.2, 0.25) is 0 Å². The van der Waals surface area contributed by atoms with Crippen molar-refractivity contribution >= 4 is 0 Å². The van der Waals surface area contributed by atoms with Crippen LogP contribution in [-0.4, -0.2) is 24.3 Å². The maximum atomic E-state index is 6.33. The van der Waals surface area contributed by atoms with E-state index in [0.717, 1.165) is 6.54 Å². The van der Waals surface area contributed by atoms with Gasteiger partial charge in [0.1, 0.15) is 0 Å². The van der Waals surface area contributed by atoms with Gasteiger partial charge in [0, 0.05) is 12.6 Å². The van der Waals surface area contributed by atoms with Gasteiger partial charge in [-0.2, -0.15) is 0 Å². The highest BCUT2D eigenvalue weighted by molar-refractivity contribution is 5.04. The third-order valence-electron chi connectivity index (χ3n) is 4.38. The molecule has 2 nitrogen and oxygen atoms in total. The Morgan fingerprint density at radius 1 is 1.20 bits per heavy atom. The van der Waals surface area contributed by atoms with Gasteiger partial charge < -0.3 is 10.1 Å². The Kier molecular flexibility index (Phi) is 2.63. The van der Waals surface area contributed by atoms with E-state index >= 15 is 0 Å². The fourth-order valence-corrected chi connectivity index (χ4v) is 3.48. The summed E-state index contributed by atoms with van der Waals surface area (Å²) in [5.74, 6) is 0.676. The van der Waals surface area contributed by atoms with Gasteiger partial charge in [0.25, 0.3) is 0 Å². The van der Waals surface area contributed by atoms with Gasteiger partial charge in [0.15, 0.2) is 0 Å². The summed E-state index contributed by atoms with van der Waals surface area (Å²) in [5, 5.41) is 3.61. The maximum absolute atomic E-state index is 6.33. The summed E-state index contributed by atoms with van der Waals surface area (Å²) in [7, 11) is 0. The van der Waals surface area contributed by atoms with Gasteiger partial charge in [-0.15, -0.1) is 0 Å². The number of nitrogens with one attached hydrogen (secondary N) is 1. The molecule has 0 radical (unpaired) electrons. The first-order chi connectivity index (χ1) is 6.85. The zero-order chi connectivity index (χ0) is 11.3. The van der Waals surface area contributed by atoms with Gasteiger partial charge in [-0.1, -0.05) is 20.8 Å². The fraction of sp³-hybridized carbons (Fsp3) is 1.00. The van der Waals surface area contributed by atoms with Crippen molar-refractivity contribution in [2.24, 2.45) is 11.3 Å². The molecule has 1 saturated carbocycles. The standard InChI is InChI=1S/C13H25NO/c1-9-6-12(4,5)7-13(9)8-14-10(2)11(3)15-13/h9-11,14H,6-8H2,1-5H3. The van der Waals surface area contributed by atoms with Crippen molar-refractivity contribution < 1.29 is 4.74 Å². The topological polar surface area (TPSA) is 21.3 Å². The lowest BCUT2D eigenvalue weighted by Crippen LogP contribution is -2.58. The van der Waals surface area contributed by atoms with E-state index < -0.39 is 0 Å². The van der Waals surface area contributed by atoms with Crippen LogP contribution in [0.5, 0.6) is 0 Å². The van der Waals surface area contributed by atoms with Crippen molar-refractivity contribution in [3.63, 3.8) is 0 Å². The molecule has 0 aromatic heterocycles. The van der Waals surface area contributed by atoms with Crippen molar-refractivity contribution in [2.75, 3.05) is 6.54 Å². The molecule has 2 heteroatoms. The van der Waals surface area contributed by atoms with E-state index in [9.17, 15) is 0 Å². The van der Waals surface area contributed by atoms with Gasteiger partial charge >= 0.3 is 0 Å². The van der Waals surface area contributed by atoms with Gasteiger partial charge in [0.05, 0.1) is 11.7 Å². The molecule has 1 spiro atoms. The van der Waals surface area contributed by atoms with Crippen LogP contribution in [0.2, 0.25) is 0 Å². The van der Waals surface area contributed by atoms with Crippen LogP contribution in [0, 0.1) is 11.3 Å². The van der Waals surface area contributed by atoms with E-state index in [0.29, 0.717) is 23.5 Å². The van der Waals surface area contributed by atoms with E-state index in [1.807, 2.05) is 0 Å². The Morgan fingerprint density at radius 2 is 1.87 bits per heavy atom. The second kappa shape index (κ2) is 3.46. The van der Waals surface area contributed by atoms with Crippen LogP contribution in [-0.2, 0) is 4.74 Å². The average molecular weight is 211 g/mol. The smallest absolute Gasteiger partial charge is 0.0841 e. The predicted molar refractivity (Wildman–Crippen MR) is 62.9 cm³/mol. The van der Waals surface area contributed by atoms with Crippen LogP contribution in [0.4, 0.5) is 0 Å². The molecule has 1 aliphatic carbocycles. The molecule has 2 rings (SSSR count). The summed E-state index contributed by atoms with van der Waals surface area (Å²) < 4.78 is 6.33. The van der Waals surface area contributed by atoms with Gasteiger partial charge in [-0.05, 0) is 38.0 Å². The molecule has 15 heavy (non-hydrogen) atoms. The Labute approximate surface area is 93.8 Å². The van der Waals surface area contributed by atoms with Crippen molar-refractivity contribution in [3.05, 3.63) is 0 Å². The normalized spacial score (nSPS) is 49.8. The monoisotopic (exact) mass is 211 g/mol. The highest BCUT2D eigenvalue weighted by Gasteiger charge is 2.52. The molecular formula is C13H25NO. The largest absolute Gasteiger partial charge is 0.369 e. The first-order valence-electron chi connectivity index (χ1n) is 6.26. The van der Waals surface area contributed by atoms with E-state index in [-0.39, 0.29) is 5.60 Å². The third-order valence-corrected chi connectivity index (χ3v) is 4.38. The number of ether oxygens (including phenoxy) is 1. The Morgan fingerprint density at radius 3 is 2.33 bits per heavy atom. The quantitative estimate of drug-likeness (QED) is 0.665. The molecule has 1 heterocycles. The minimum absolute atomic E-state index is 0.107. The molecule has 0 aromatic carbocycles. The summed E-state index contributed by atoms with van der Waals surface area (Å²) in [6, 6.07) is 0.492. The molecule has 0 amide bonds. The molecular weight excluding hydrogens is 186 g/mol. The van der Waals surface area contributed by atoms with Crippen molar-refractivity contribution in [1.82, 2.24) is 5.32 Å². The minimum Gasteiger partial charge on any atom is -0.369 e. The maximum Gasteiger partial charge on any atom is 0.0841 e. The average Bonchev–Trinajstić information content (AvgIpc) is 2.30. The van der Waals surface area contributed by atoms with Crippen molar-refractivity contribution in [3.8, 4) is 0 Å². The van der Waals surface area contributed by atoms with E-state index in [1.165, 1.54) is 12.8 Å². The highest BCUT2D eigenvalue weighted by atomic mass is 16.5. The van der Waals surface area contributed by atoms with Crippen LogP contribution in [0.3, 0.4) is 0 Å². The third kappa shape index (κ3) is 1.94. The van der Waals surface area contributed by atoms with Crippen LogP contribution >= 0.6 is 0 Å². The first kappa shape index (κ1) is 11.4. The summed E-state index contributed by atoms with van der Waals surface area (Å²) in [6.07, 6.45) is 2.83. The molecule has 0 aromatic rings.